The molecule has 0 bridgehead atoms. The van der Waals surface area contributed by atoms with Gasteiger partial charge in [0.1, 0.15) is 0 Å². The third-order valence-electron chi connectivity index (χ3n) is 3.66. The largest absolute Gasteiger partial charge is 0.354 e. The van der Waals surface area contributed by atoms with E-state index in [9.17, 15) is 0 Å². The van der Waals surface area contributed by atoms with E-state index in [1.54, 1.807) is 11.3 Å². The molecule has 1 atom stereocenters. The lowest BCUT2D eigenvalue weighted by Crippen LogP contribution is -2.42. The van der Waals surface area contributed by atoms with Crippen LogP contribution in [-0.2, 0) is 6.54 Å². The highest BCUT2D eigenvalue weighted by atomic mass is 79.9. The predicted octanol–water partition coefficient (Wildman–Crippen LogP) is 3.69. The van der Waals surface area contributed by atoms with Crippen LogP contribution in [0.3, 0.4) is 0 Å². The fourth-order valence-corrected chi connectivity index (χ4v) is 3.67. The Bertz CT molecular complexity index is 443. The third-order valence-corrected chi connectivity index (χ3v) is 5.36. The summed E-state index contributed by atoms with van der Waals surface area (Å²) in [6, 6.07) is 2.56. The van der Waals surface area contributed by atoms with Crippen LogP contribution in [0.1, 0.15) is 38.5 Å². The lowest BCUT2D eigenvalue weighted by molar-refractivity contribution is 0.292. The molecule has 0 amide bonds. The molecule has 0 fully saturated rings. The van der Waals surface area contributed by atoms with E-state index in [1.165, 1.54) is 17.8 Å². The van der Waals surface area contributed by atoms with Gasteiger partial charge in [-0.1, -0.05) is 13.8 Å². The molecule has 1 unspecified atom stereocenters. The van der Waals surface area contributed by atoms with Crippen LogP contribution in [-0.4, -0.2) is 43.6 Å². The molecule has 1 aromatic heterocycles. The molecule has 0 aliphatic carbocycles. The molecule has 2 N–H and O–H groups in total. The van der Waals surface area contributed by atoms with Crippen molar-refractivity contribution in [3.05, 3.63) is 20.8 Å². The Morgan fingerprint density at radius 3 is 2.68 bits per heavy atom. The van der Waals surface area contributed by atoms with Crippen molar-refractivity contribution >= 4 is 33.2 Å². The summed E-state index contributed by atoms with van der Waals surface area (Å²) in [5.41, 5.74) is 0. The zero-order valence-corrected chi connectivity index (χ0v) is 16.6. The van der Waals surface area contributed by atoms with E-state index < -0.39 is 0 Å². The lowest BCUT2D eigenvalue weighted by Gasteiger charge is -2.21. The first-order valence-corrected chi connectivity index (χ1v) is 9.68. The van der Waals surface area contributed by atoms with Crippen molar-refractivity contribution < 1.29 is 0 Å². The van der Waals surface area contributed by atoms with Gasteiger partial charge in [-0.3, -0.25) is 4.99 Å². The zero-order valence-electron chi connectivity index (χ0n) is 14.2. The molecule has 22 heavy (non-hydrogen) atoms. The minimum absolute atomic E-state index is 0.428. The Morgan fingerprint density at radius 2 is 2.14 bits per heavy atom. The second-order valence-corrected chi connectivity index (χ2v) is 7.28. The van der Waals surface area contributed by atoms with Crippen molar-refractivity contribution in [2.45, 2.75) is 46.2 Å². The highest BCUT2D eigenvalue weighted by Crippen LogP contribution is 2.19. The molecule has 0 radical (unpaired) electrons. The van der Waals surface area contributed by atoms with E-state index >= 15 is 0 Å². The van der Waals surface area contributed by atoms with Crippen molar-refractivity contribution in [2.24, 2.45) is 4.99 Å². The van der Waals surface area contributed by atoms with E-state index in [2.05, 4.69) is 68.7 Å². The lowest BCUT2D eigenvalue weighted by atomic mass is 10.2. The van der Waals surface area contributed by atoms with E-state index in [0.29, 0.717) is 6.04 Å². The highest BCUT2D eigenvalue weighted by Gasteiger charge is 2.07. The summed E-state index contributed by atoms with van der Waals surface area (Å²) >= 11 is 5.23. The van der Waals surface area contributed by atoms with Gasteiger partial charge in [-0.2, -0.15) is 0 Å². The molecule has 0 saturated carbocycles. The minimum atomic E-state index is 0.428. The van der Waals surface area contributed by atoms with Gasteiger partial charge in [-0.05, 0) is 61.4 Å². The van der Waals surface area contributed by atoms with Crippen molar-refractivity contribution in [3.63, 3.8) is 0 Å². The van der Waals surface area contributed by atoms with Gasteiger partial charge in [0.15, 0.2) is 5.96 Å². The Balaban J connectivity index is 2.26. The van der Waals surface area contributed by atoms with Gasteiger partial charge < -0.3 is 15.5 Å². The van der Waals surface area contributed by atoms with E-state index in [-0.39, 0.29) is 0 Å². The van der Waals surface area contributed by atoms with Crippen molar-refractivity contribution in [1.29, 1.82) is 0 Å². The topological polar surface area (TPSA) is 39.7 Å². The molecule has 0 aliphatic rings. The van der Waals surface area contributed by atoms with Crippen LogP contribution in [0.15, 0.2) is 20.9 Å². The summed E-state index contributed by atoms with van der Waals surface area (Å²) in [5, 5.41) is 8.94. The second-order valence-electron chi connectivity index (χ2n) is 5.37. The van der Waals surface area contributed by atoms with Crippen LogP contribution in [0, 0.1) is 0 Å². The molecule has 0 aliphatic heterocycles. The quantitative estimate of drug-likeness (QED) is 0.500. The number of halogens is 1. The van der Waals surface area contributed by atoms with Gasteiger partial charge in [0.25, 0.3) is 0 Å². The van der Waals surface area contributed by atoms with Gasteiger partial charge in [-0.25, -0.2) is 0 Å². The monoisotopic (exact) mass is 388 g/mol. The molecule has 6 heteroatoms. The van der Waals surface area contributed by atoms with Crippen LogP contribution in [0.4, 0.5) is 0 Å². The first-order chi connectivity index (χ1) is 10.6. The maximum absolute atomic E-state index is 4.30. The summed E-state index contributed by atoms with van der Waals surface area (Å²) in [5.74, 6) is 0.875. The molecule has 0 spiro atoms. The van der Waals surface area contributed by atoms with Crippen molar-refractivity contribution in [2.75, 3.05) is 26.7 Å². The summed E-state index contributed by atoms with van der Waals surface area (Å²) < 4.78 is 1.14. The minimum Gasteiger partial charge on any atom is -0.354 e. The molecule has 0 saturated heterocycles. The van der Waals surface area contributed by atoms with Crippen molar-refractivity contribution in [3.8, 4) is 0 Å². The Labute approximate surface area is 147 Å². The number of aliphatic imine (C=N–C) groups is 1. The SMILES string of the molecule is CCN(CC)CCCC(C)NC(=NC)NCc1cc(Br)cs1. The summed E-state index contributed by atoms with van der Waals surface area (Å²) in [6.07, 6.45) is 2.37. The molecule has 1 heterocycles. The zero-order chi connectivity index (χ0) is 16.4. The van der Waals surface area contributed by atoms with Crippen LogP contribution in [0.2, 0.25) is 0 Å². The van der Waals surface area contributed by atoms with Crippen molar-refractivity contribution in [1.82, 2.24) is 15.5 Å². The molecule has 4 nitrogen and oxygen atoms in total. The van der Waals surface area contributed by atoms with Gasteiger partial charge >= 0.3 is 0 Å². The molecule has 1 rings (SSSR count). The molecule has 0 aromatic carbocycles. The summed E-state index contributed by atoms with van der Waals surface area (Å²) in [7, 11) is 1.82. The number of nitrogens with zero attached hydrogens (tertiary/aromatic N) is 2. The molecular formula is C16H29BrN4S. The first-order valence-electron chi connectivity index (χ1n) is 8.01. The number of nitrogens with one attached hydrogen (secondary N) is 2. The molecular weight excluding hydrogens is 360 g/mol. The van der Waals surface area contributed by atoms with Gasteiger partial charge in [0, 0.05) is 27.8 Å². The number of rotatable bonds is 9. The predicted molar refractivity (Wildman–Crippen MR) is 102 cm³/mol. The van der Waals surface area contributed by atoms with Gasteiger partial charge in [0.05, 0.1) is 6.54 Å². The standard InChI is InChI=1S/C16H29BrN4S/c1-5-21(6-2)9-7-8-13(3)20-16(18-4)19-11-15-10-14(17)12-22-15/h10,12-13H,5-9,11H2,1-4H3,(H2,18,19,20). The van der Waals surface area contributed by atoms with Crippen LogP contribution >= 0.6 is 27.3 Å². The fourth-order valence-electron chi connectivity index (χ4n) is 2.28. The molecule has 126 valence electrons. The van der Waals surface area contributed by atoms with Gasteiger partial charge in [0.2, 0.25) is 0 Å². The highest BCUT2D eigenvalue weighted by molar-refractivity contribution is 9.10. The number of guanidine groups is 1. The van der Waals surface area contributed by atoms with E-state index in [1.807, 2.05) is 7.05 Å². The Hall–Kier alpha value is -0.590. The average molecular weight is 389 g/mol. The van der Waals surface area contributed by atoms with E-state index in [4.69, 9.17) is 0 Å². The summed E-state index contributed by atoms with van der Waals surface area (Å²) in [6.45, 7) is 10.9. The first kappa shape index (κ1) is 19.5. The normalized spacial score (nSPS) is 13.5. The number of hydrogen-bond donors (Lipinski definition) is 2. The van der Waals surface area contributed by atoms with Crippen LogP contribution < -0.4 is 10.6 Å². The Morgan fingerprint density at radius 1 is 1.41 bits per heavy atom. The van der Waals surface area contributed by atoms with Gasteiger partial charge in [-0.15, -0.1) is 11.3 Å². The maximum Gasteiger partial charge on any atom is 0.191 e. The van der Waals surface area contributed by atoms with Crippen LogP contribution in [0.25, 0.3) is 0 Å². The maximum atomic E-state index is 4.30. The smallest absolute Gasteiger partial charge is 0.191 e. The number of hydrogen-bond acceptors (Lipinski definition) is 3. The second kappa shape index (κ2) is 11.0. The summed E-state index contributed by atoms with van der Waals surface area (Å²) in [4.78, 5) is 8.06. The molecule has 1 aromatic rings. The number of thiophene rings is 1. The fraction of sp³-hybridized carbons (Fsp3) is 0.688. The van der Waals surface area contributed by atoms with Crippen LogP contribution in [0.5, 0.6) is 0 Å². The average Bonchev–Trinajstić information content (AvgIpc) is 2.93. The van der Waals surface area contributed by atoms with E-state index in [0.717, 1.165) is 36.5 Å². The third kappa shape index (κ3) is 7.61. The Kier molecular flexibility index (Phi) is 9.75.